The van der Waals surface area contributed by atoms with Crippen LogP contribution in [0.2, 0.25) is 0 Å². The van der Waals surface area contributed by atoms with Crippen LogP contribution in [0.5, 0.6) is 0 Å². The monoisotopic (exact) mass is 185 g/mol. The van der Waals surface area contributed by atoms with Gasteiger partial charge in [-0.1, -0.05) is 23.9 Å². The molecule has 58 valence electrons. The van der Waals surface area contributed by atoms with Crippen LogP contribution in [0, 0.1) is 0 Å². The van der Waals surface area contributed by atoms with E-state index in [1.807, 2.05) is 24.3 Å². The molecule has 0 amide bonds. The Balaban J connectivity index is 2.41. The zero-order valence-corrected chi connectivity index (χ0v) is 7.32. The summed E-state index contributed by atoms with van der Waals surface area (Å²) in [5.41, 5.74) is 0.940. The Hall–Kier alpha value is -0.320. The molecule has 1 aromatic carbocycles. The Kier molecular flexibility index (Phi) is 1.56. The van der Waals surface area contributed by atoms with Gasteiger partial charge in [0.2, 0.25) is 4.39 Å². The molecular formula is C7H7NOS2. The number of aliphatic hydroxyl groups is 1. The molecule has 0 aliphatic carbocycles. The molecule has 2 N–H and O–H groups in total. The highest BCUT2D eigenvalue weighted by Crippen LogP contribution is 2.45. The minimum Gasteiger partial charge on any atom is -0.354 e. The minimum atomic E-state index is -1.14. The fourth-order valence-corrected chi connectivity index (χ4v) is 2.27. The molecule has 0 bridgehead atoms. The van der Waals surface area contributed by atoms with E-state index in [1.165, 1.54) is 11.8 Å². The quantitative estimate of drug-likeness (QED) is 0.425. The number of rotatable bonds is 0. The van der Waals surface area contributed by atoms with Crippen molar-refractivity contribution in [1.82, 2.24) is 0 Å². The molecule has 2 nitrogen and oxygen atoms in total. The summed E-state index contributed by atoms with van der Waals surface area (Å²) < 4.78 is -1.14. The average Bonchev–Trinajstić information content (AvgIpc) is 2.21. The summed E-state index contributed by atoms with van der Waals surface area (Å²) in [5.74, 6) is 0. The molecule has 1 aliphatic rings. The number of nitrogens with one attached hydrogen (secondary N) is 1. The lowest BCUT2D eigenvalue weighted by molar-refractivity contribution is 0.264. The van der Waals surface area contributed by atoms with Crippen LogP contribution in [-0.4, -0.2) is 9.50 Å². The Morgan fingerprint density at radius 2 is 2.18 bits per heavy atom. The molecule has 1 heterocycles. The van der Waals surface area contributed by atoms with Crippen molar-refractivity contribution >= 4 is 30.1 Å². The molecule has 0 spiro atoms. The van der Waals surface area contributed by atoms with Crippen LogP contribution < -0.4 is 5.32 Å². The first kappa shape index (κ1) is 7.34. The summed E-state index contributed by atoms with van der Waals surface area (Å²) in [6, 6.07) is 7.71. The second-order valence-electron chi connectivity index (χ2n) is 2.33. The number of anilines is 1. The number of benzene rings is 1. The zero-order chi connectivity index (χ0) is 7.90. The van der Waals surface area contributed by atoms with Crippen molar-refractivity contribution < 1.29 is 5.11 Å². The lowest BCUT2D eigenvalue weighted by atomic mass is 10.3. The molecule has 1 unspecified atom stereocenters. The Labute approximate surface area is 74.4 Å². The van der Waals surface area contributed by atoms with Gasteiger partial charge in [0.1, 0.15) is 0 Å². The van der Waals surface area contributed by atoms with Gasteiger partial charge in [0.15, 0.2) is 0 Å². The number of hydrogen-bond donors (Lipinski definition) is 3. The Morgan fingerprint density at radius 1 is 1.45 bits per heavy atom. The van der Waals surface area contributed by atoms with Crippen LogP contribution in [0.3, 0.4) is 0 Å². The van der Waals surface area contributed by atoms with Gasteiger partial charge in [-0.25, -0.2) is 0 Å². The molecule has 4 heteroatoms. The Morgan fingerprint density at radius 3 is 2.91 bits per heavy atom. The maximum atomic E-state index is 9.43. The average molecular weight is 185 g/mol. The van der Waals surface area contributed by atoms with Crippen LogP contribution >= 0.6 is 24.4 Å². The lowest BCUT2D eigenvalue weighted by Gasteiger charge is -2.13. The lowest BCUT2D eigenvalue weighted by Crippen LogP contribution is -2.21. The predicted octanol–water partition coefficient (Wildman–Crippen LogP) is 1.74. The normalized spacial score (nSPS) is 27.8. The summed E-state index contributed by atoms with van der Waals surface area (Å²) in [6.45, 7) is 0. The van der Waals surface area contributed by atoms with Crippen molar-refractivity contribution in [3.63, 3.8) is 0 Å². The topological polar surface area (TPSA) is 32.3 Å². The zero-order valence-electron chi connectivity index (χ0n) is 5.61. The molecule has 0 saturated carbocycles. The summed E-state index contributed by atoms with van der Waals surface area (Å²) in [5, 5.41) is 12.3. The maximum Gasteiger partial charge on any atom is 0.236 e. The van der Waals surface area contributed by atoms with Gasteiger partial charge in [0.25, 0.3) is 0 Å². The molecule has 0 saturated heterocycles. The van der Waals surface area contributed by atoms with E-state index in [-0.39, 0.29) is 0 Å². The van der Waals surface area contributed by atoms with E-state index in [9.17, 15) is 5.11 Å². The summed E-state index contributed by atoms with van der Waals surface area (Å²) in [4.78, 5) is 1.03. The predicted molar refractivity (Wildman–Crippen MR) is 49.9 cm³/mol. The van der Waals surface area contributed by atoms with E-state index in [1.54, 1.807) is 0 Å². The summed E-state index contributed by atoms with van der Waals surface area (Å²) in [6.07, 6.45) is 0. The highest BCUT2D eigenvalue weighted by Gasteiger charge is 2.31. The molecular weight excluding hydrogens is 178 g/mol. The van der Waals surface area contributed by atoms with Gasteiger partial charge in [-0.05, 0) is 12.1 Å². The number of para-hydroxylation sites is 1. The smallest absolute Gasteiger partial charge is 0.236 e. The number of hydrogen-bond acceptors (Lipinski definition) is 4. The van der Waals surface area contributed by atoms with Gasteiger partial charge >= 0.3 is 0 Å². The van der Waals surface area contributed by atoms with E-state index in [0.717, 1.165) is 10.6 Å². The highest BCUT2D eigenvalue weighted by atomic mass is 32.2. The second kappa shape index (κ2) is 2.33. The fraction of sp³-hybridized carbons (Fsp3) is 0.143. The van der Waals surface area contributed by atoms with Crippen molar-refractivity contribution in [2.45, 2.75) is 9.28 Å². The van der Waals surface area contributed by atoms with Crippen molar-refractivity contribution in [3.05, 3.63) is 24.3 Å². The third-order valence-electron chi connectivity index (χ3n) is 1.44. The van der Waals surface area contributed by atoms with Gasteiger partial charge in [-0.3, -0.25) is 0 Å². The largest absolute Gasteiger partial charge is 0.354 e. The molecule has 0 radical (unpaired) electrons. The fourth-order valence-electron chi connectivity index (χ4n) is 1.01. The molecule has 1 atom stereocenters. The molecule has 2 rings (SSSR count). The standard InChI is InChI=1S/C7H7NOS2/c9-7(10)8-5-3-1-2-4-6(5)11-7/h1-4,8-10H. The van der Waals surface area contributed by atoms with Crippen molar-refractivity contribution in [2.24, 2.45) is 0 Å². The molecule has 11 heavy (non-hydrogen) atoms. The van der Waals surface area contributed by atoms with Crippen LogP contribution in [0.15, 0.2) is 29.2 Å². The first-order valence-electron chi connectivity index (χ1n) is 3.18. The van der Waals surface area contributed by atoms with Gasteiger partial charge in [-0.15, -0.1) is 12.6 Å². The minimum absolute atomic E-state index is 0.940. The SMILES string of the molecule is OC1(S)Nc2ccccc2S1. The van der Waals surface area contributed by atoms with Gasteiger partial charge in [-0.2, -0.15) is 0 Å². The van der Waals surface area contributed by atoms with Gasteiger partial charge < -0.3 is 10.4 Å². The number of thioether (sulfide) groups is 1. The van der Waals surface area contributed by atoms with Crippen molar-refractivity contribution in [3.8, 4) is 0 Å². The molecule has 1 aliphatic heterocycles. The van der Waals surface area contributed by atoms with Crippen molar-refractivity contribution in [2.75, 3.05) is 5.32 Å². The third kappa shape index (κ3) is 1.34. The van der Waals surface area contributed by atoms with Crippen LogP contribution in [0.25, 0.3) is 0 Å². The Bertz CT molecular complexity index is 261. The van der Waals surface area contributed by atoms with Crippen molar-refractivity contribution in [1.29, 1.82) is 0 Å². The molecule has 0 fully saturated rings. The van der Waals surface area contributed by atoms with Crippen LogP contribution in [0.1, 0.15) is 0 Å². The van der Waals surface area contributed by atoms with E-state index >= 15 is 0 Å². The van der Waals surface area contributed by atoms with E-state index in [2.05, 4.69) is 17.9 Å². The van der Waals surface area contributed by atoms with Gasteiger partial charge in [0.05, 0.1) is 5.69 Å². The van der Waals surface area contributed by atoms with Crippen LogP contribution in [0.4, 0.5) is 5.69 Å². The van der Waals surface area contributed by atoms with E-state index in [4.69, 9.17) is 0 Å². The second-order valence-corrected chi connectivity index (χ2v) is 4.52. The first-order valence-corrected chi connectivity index (χ1v) is 4.45. The summed E-state index contributed by atoms with van der Waals surface area (Å²) in [7, 11) is 0. The molecule has 1 aromatic rings. The highest BCUT2D eigenvalue weighted by molar-refractivity contribution is 8.11. The third-order valence-corrected chi connectivity index (χ3v) is 2.79. The first-order chi connectivity index (χ1) is 5.17. The van der Waals surface area contributed by atoms with Gasteiger partial charge in [0, 0.05) is 4.90 Å². The summed E-state index contributed by atoms with van der Waals surface area (Å²) >= 11 is 5.30. The molecule has 0 aromatic heterocycles. The number of fused-ring (bicyclic) bond motifs is 1. The number of thiol groups is 1. The van der Waals surface area contributed by atoms with Crippen LogP contribution in [-0.2, 0) is 0 Å². The maximum absolute atomic E-state index is 9.43. The van der Waals surface area contributed by atoms with E-state index in [0.29, 0.717) is 0 Å². The van der Waals surface area contributed by atoms with E-state index < -0.39 is 4.39 Å².